The van der Waals surface area contributed by atoms with Crippen molar-refractivity contribution in [2.45, 2.75) is 20.0 Å². The van der Waals surface area contributed by atoms with Gasteiger partial charge in [0.2, 0.25) is 5.82 Å². The van der Waals surface area contributed by atoms with Crippen molar-refractivity contribution in [3.8, 4) is 0 Å². The van der Waals surface area contributed by atoms with Crippen LogP contribution in [0.2, 0.25) is 0 Å². The fourth-order valence-electron chi connectivity index (χ4n) is 1.09. The Balaban J connectivity index is 2.77. The minimum Gasteiger partial charge on any atom is -0.447 e. The number of amides is 1. The van der Waals surface area contributed by atoms with Gasteiger partial charge in [-0.15, -0.1) is 0 Å². The second-order valence-corrected chi connectivity index (χ2v) is 3.50. The van der Waals surface area contributed by atoms with Gasteiger partial charge in [0.25, 0.3) is 0 Å². The SMILES string of the molecule is CC(C)OC(=O)Nc1ccc([N+](=O)[O-])c(F)c1. The lowest BCUT2D eigenvalue weighted by molar-refractivity contribution is -0.387. The van der Waals surface area contributed by atoms with Gasteiger partial charge in [0.1, 0.15) is 0 Å². The standard InChI is InChI=1S/C10H11FN2O4/c1-6(2)17-10(14)12-7-3-4-9(13(15)16)8(11)5-7/h3-6H,1-2H3,(H,12,14). The molecule has 0 bridgehead atoms. The first-order valence-electron chi connectivity index (χ1n) is 4.81. The molecule has 1 N–H and O–H groups in total. The number of benzene rings is 1. The highest BCUT2D eigenvalue weighted by Crippen LogP contribution is 2.20. The first-order valence-corrected chi connectivity index (χ1v) is 4.81. The molecule has 1 rings (SSSR count). The van der Waals surface area contributed by atoms with E-state index in [-0.39, 0.29) is 11.8 Å². The number of ether oxygens (including phenoxy) is 1. The predicted octanol–water partition coefficient (Wildman–Crippen LogP) is 2.69. The Morgan fingerprint density at radius 1 is 1.53 bits per heavy atom. The van der Waals surface area contributed by atoms with E-state index >= 15 is 0 Å². The van der Waals surface area contributed by atoms with Crippen molar-refractivity contribution in [3.63, 3.8) is 0 Å². The molecule has 1 aromatic carbocycles. The van der Waals surface area contributed by atoms with Gasteiger partial charge in [-0.25, -0.2) is 4.79 Å². The Morgan fingerprint density at radius 2 is 2.18 bits per heavy atom. The van der Waals surface area contributed by atoms with Crippen molar-refractivity contribution in [3.05, 3.63) is 34.1 Å². The van der Waals surface area contributed by atoms with Crippen molar-refractivity contribution in [1.29, 1.82) is 0 Å². The number of nitrogens with one attached hydrogen (secondary N) is 1. The maximum absolute atomic E-state index is 13.2. The van der Waals surface area contributed by atoms with E-state index in [4.69, 9.17) is 4.74 Å². The number of hydrogen-bond acceptors (Lipinski definition) is 4. The lowest BCUT2D eigenvalue weighted by atomic mass is 10.2. The van der Waals surface area contributed by atoms with E-state index in [1.165, 1.54) is 6.07 Å². The third-order valence-electron chi connectivity index (χ3n) is 1.73. The van der Waals surface area contributed by atoms with Gasteiger partial charge in [0.05, 0.1) is 11.0 Å². The molecular formula is C10H11FN2O4. The molecule has 0 spiro atoms. The maximum atomic E-state index is 13.2. The molecule has 0 fully saturated rings. The number of nitro groups is 1. The fraction of sp³-hybridized carbons (Fsp3) is 0.300. The molecule has 0 aliphatic rings. The van der Waals surface area contributed by atoms with Crippen LogP contribution in [0, 0.1) is 15.9 Å². The van der Waals surface area contributed by atoms with Gasteiger partial charge in [-0.1, -0.05) is 0 Å². The number of anilines is 1. The summed E-state index contributed by atoms with van der Waals surface area (Å²) in [4.78, 5) is 20.7. The zero-order valence-corrected chi connectivity index (χ0v) is 9.27. The topological polar surface area (TPSA) is 81.5 Å². The molecule has 1 aromatic rings. The molecule has 0 aliphatic heterocycles. The molecule has 92 valence electrons. The van der Waals surface area contributed by atoms with Crippen molar-refractivity contribution in [2.24, 2.45) is 0 Å². The highest BCUT2D eigenvalue weighted by Gasteiger charge is 2.15. The third kappa shape index (κ3) is 3.71. The molecule has 0 radical (unpaired) electrons. The minimum atomic E-state index is -1.02. The first kappa shape index (κ1) is 12.9. The van der Waals surface area contributed by atoms with Crippen LogP contribution in [-0.2, 0) is 4.74 Å². The Hall–Kier alpha value is -2.18. The highest BCUT2D eigenvalue weighted by molar-refractivity contribution is 5.84. The number of nitro benzene ring substituents is 1. The van der Waals surface area contributed by atoms with Crippen molar-refractivity contribution >= 4 is 17.5 Å². The summed E-state index contributed by atoms with van der Waals surface area (Å²) < 4.78 is 17.9. The van der Waals surface area contributed by atoms with Crippen LogP contribution in [-0.4, -0.2) is 17.1 Å². The van der Waals surface area contributed by atoms with Crippen LogP contribution in [0.15, 0.2) is 18.2 Å². The molecule has 1 amide bonds. The smallest absolute Gasteiger partial charge is 0.411 e. The summed E-state index contributed by atoms with van der Waals surface area (Å²) in [5.41, 5.74) is -0.550. The van der Waals surface area contributed by atoms with Gasteiger partial charge in [-0.2, -0.15) is 4.39 Å². The Labute approximate surface area is 96.5 Å². The zero-order valence-electron chi connectivity index (χ0n) is 9.27. The molecule has 0 unspecified atom stereocenters. The van der Waals surface area contributed by atoms with Crippen LogP contribution in [0.3, 0.4) is 0 Å². The Bertz CT molecular complexity index is 448. The number of halogens is 1. The van der Waals surface area contributed by atoms with E-state index in [1.807, 2.05) is 0 Å². The Morgan fingerprint density at radius 3 is 2.65 bits per heavy atom. The van der Waals surface area contributed by atoms with Crippen LogP contribution in [0.25, 0.3) is 0 Å². The van der Waals surface area contributed by atoms with Crippen molar-refractivity contribution < 1.29 is 18.8 Å². The van der Waals surface area contributed by atoms with Gasteiger partial charge in [-0.05, 0) is 19.9 Å². The monoisotopic (exact) mass is 242 g/mol. The van der Waals surface area contributed by atoms with Crippen LogP contribution < -0.4 is 5.32 Å². The van der Waals surface area contributed by atoms with Crippen LogP contribution in [0.5, 0.6) is 0 Å². The van der Waals surface area contributed by atoms with Crippen LogP contribution in [0.1, 0.15) is 13.8 Å². The molecule has 0 aromatic heterocycles. The number of rotatable bonds is 3. The lowest BCUT2D eigenvalue weighted by Crippen LogP contribution is -2.18. The van der Waals surface area contributed by atoms with Gasteiger partial charge in [0, 0.05) is 17.8 Å². The molecule has 7 heteroatoms. The number of nitrogens with zero attached hydrogens (tertiary/aromatic N) is 1. The zero-order chi connectivity index (χ0) is 13.0. The predicted molar refractivity (Wildman–Crippen MR) is 58.3 cm³/mol. The maximum Gasteiger partial charge on any atom is 0.411 e. The number of hydrogen-bond donors (Lipinski definition) is 1. The number of carbonyl (C=O) groups excluding carboxylic acids is 1. The summed E-state index contributed by atoms with van der Waals surface area (Å²) in [5, 5.41) is 12.6. The summed E-state index contributed by atoms with van der Waals surface area (Å²) in [6.45, 7) is 3.33. The van der Waals surface area contributed by atoms with Crippen LogP contribution in [0.4, 0.5) is 20.6 Å². The molecule has 0 saturated heterocycles. The van der Waals surface area contributed by atoms with E-state index in [2.05, 4.69) is 5.32 Å². The van der Waals surface area contributed by atoms with Crippen molar-refractivity contribution in [1.82, 2.24) is 0 Å². The molecule has 0 atom stereocenters. The normalized spacial score (nSPS) is 10.1. The van der Waals surface area contributed by atoms with Crippen LogP contribution >= 0.6 is 0 Å². The molecule has 0 saturated carbocycles. The first-order chi connectivity index (χ1) is 7.90. The van der Waals surface area contributed by atoms with Gasteiger partial charge in [0.15, 0.2) is 0 Å². The fourth-order valence-corrected chi connectivity index (χ4v) is 1.09. The second kappa shape index (κ2) is 5.24. The largest absolute Gasteiger partial charge is 0.447 e. The third-order valence-corrected chi connectivity index (χ3v) is 1.73. The van der Waals surface area contributed by atoms with E-state index in [0.717, 1.165) is 12.1 Å². The molecule has 0 heterocycles. The van der Waals surface area contributed by atoms with E-state index in [0.29, 0.717) is 0 Å². The average Bonchev–Trinajstić information content (AvgIpc) is 2.15. The quantitative estimate of drug-likeness (QED) is 0.652. The summed E-state index contributed by atoms with van der Waals surface area (Å²) in [6, 6.07) is 3.06. The lowest BCUT2D eigenvalue weighted by Gasteiger charge is -2.09. The molecule has 6 nitrogen and oxygen atoms in total. The summed E-state index contributed by atoms with van der Waals surface area (Å²) >= 11 is 0. The average molecular weight is 242 g/mol. The molecule has 0 aliphatic carbocycles. The van der Waals surface area contributed by atoms with E-state index in [9.17, 15) is 19.3 Å². The van der Waals surface area contributed by atoms with E-state index in [1.54, 1.807) is 13.8 Å². The van der Waals surface area contributed by atoms with E-state index < -0.39 is 22.5 Å². The van der Waals surface area contributed by atoms with Crippen molar-refractivity contribution in [2.75, 3.05) is 5.32 Å². The summed E-state index contributed by atoms with van der Waals surface area (Å²) in [5.74, 6) is -1.02. The highest BCUT2D eigenvalue weighted by atomic mass is 19.1. The van der Waals surface area contributed by atoms with Gasteiger partial charge >= 0.3 is 11.8 Å². The van der Waals surface area contributed by atoms with Gasteiger partial charge in [-0.3, -0.25) is 15.4 Å². The molecule has 17 heavy (non-hydrogen) atoms. The number of carbonyl (C=O) groups is 1. The summed E-state index contributed by atoms with van der Waals surface area (Å²) in [6.07, 6.45) is -1.05. The minimum absolute atomic E-state index is 0.0961. The Kier molecular flexibility index (Phi) is 3.97. The second-order valence-electron chi connectivity index (χ2n) is 3.50. The molecular weight excluding hydrogens is 231 g/mol. The van der Waals surface area contributed by atoms with Gasteiger partial charge < -0.3 is 4.74 Å². The summed E-state index contributed by atoms with van der Waals surface area (Å²) in [7, 11) is 0.